The standard InChI is InChI=1S/C16H19N5O2S/c1-12-3-4-13(24-12)16-19-18-14(23-16)5-6-15(22)20(2)9-10-21-8-7-17-11-21/h3-4,7-8,11H,5-6,9-10H2,1-2H3. The molecule has 0 aliphatic carbocycles. The molecule has 0 unspecified atom stereocenters. The molecule has 126 valence electrons. The number of rotatable bonds is 7. The molecule has 7 nitrogen and oxygen atoms in total. The van der Waals surface area contributed by atoms with Gasteiger partial charge in [0.1, 0.15) is 0 Å². The molecular weight excluding hydrogens is 326 g/mol. The number of carbonyl (C=O) groups is 1. The van der Waals surface area contributed by atoms with E-state index >= 15 is 0 Å². The summed E-state index contributed by atoms with van der Waals surface area (Å²) in [6.07, 6.45) is 6.15. The number of nitrogens with zero attached hydrogens (tertiary/aromatic N) is 5. The van der Waals surface area contributed by atoms with Crippen molar-refractivity contribution in [3.8, 4) is 10.8 Å². The van der Waals surface area contributed by atoms with E-state index in [4.69, 9.17) is 4.42 Å². The largest absolute Gasteiger partial charge is 0.420 e. The average Bonchev–Trinajstić information content (AvgIpc) is 3.31. The zero-order valence-electron chi connectivity index (χ0n) is 13.7. The summed E-state index contributed by atoms with van der Waals surface area (Å²) in [5, 5.41) is 8.08. The van der Waals surface area contributed by atoms with Gasteiger partial charge in [-0.25, -0.2) is 4.98 Å². The van der Waals surface area contributed by atoms with Gasteiger partial charge in [0.2, 0.25) is 11.8 Å². The van der Waals surface area contributed by atoms with E-state index in [-0.39, 0.29) is 5.91 Å². The van der Waals surface area contributed by atoms with Crippen LogP contribution < -0.4 is 0 Å². The molecule has 0 atom stereocenters. The topological polar surface area (TPSA) is 77.1 Å². The molecule has 0 spiro atoms. The van der Waals surface area contributed by atoms with Crippen LogP contribution in [0.25, 0.3) is 10.8 Å². The Labute approximate surface area is 144 Å². The molecule has 3 rings (SSSR count). The summed E-state index contributed by atoms with van der Waals surface area (Å²) >= 11 is 1.61. The van der Waals surface area contributed by atoms with Gasteiger partial charge < -0.3 is 13.9 Å². The van der Waals surface area contributed by atoms with Crippen molar-refractivity contribution in [3.05, 3.63) is 41.6 Å². The molecule has 0 saturated carbocycles. The number of aryl methyl sites for hydroxylation is 2. The van der Waals surface area contributed by atoms with Gasteiger partial charge in [-0.1, -0.05) is 0 Å². The Morgan fingerprint density at radius 3 is 2.96 bits per heavy atom. The lowest BCUT2D eigenvalue weighted by molar-refractivity contribution is -0.130. The SMILES string of the molecule is Cc1ccc(-c2nnc(CCC(=O)N(C)CCn3ccnc3)o2)s1. The highest BCUT2D eigenvalue weighted by Crippen LogP contribution is 2.26. The van der Waals surface area contributed by atoms with Gasteiger partial charge in [-0.15, -0.1) is 21.5 Å². The van der Waals surface area contributed by atoms with Crippen LogP contribution in [0.1, 0.15) is 17.2 Å². The zero-order chi connectivity index (χ0) is 16.9. The number of imidazole rings is 1. The monoisotopic (exact) mass is 345 g/mol. The molecule has 0 fully saturated rings. The van der Waals surface area contributed by atoms with Crippen molar-refractivity contribution in [2.45, 2.75) is 26.3 Å². The molecule has 0 aliphatic rings. The van der Waals surface area contributed by atoms with Crippen molar-refractivity contribution in [1.82, 2.24) is 24.6 Å². The van der Waals surface area contributed by atoms with E-state index in [1.807, 2.05) is 29.8 Å². The number of thiophene rings is 1. The summed E-state index contributed by atoms with van der Waals surface area (Å²) < 4.78 is 7.58. The zero-order valence-corrected chi connectivity index (χ0v) is 14.5. The normalized spacial score (nSPS) is 10.9. The number of amides is 1. The van der Waals surface area contributed by atoms with E-state index in [0.717, 1.165) is 11.4 Å². The number of hydrogen-bond acceptors (Lipinski definition) is 6. The third-order valence-corrected chi connectivity index (χ3v) is 4.64. The summed E-state index contributed by atoms with van der Waals surface area (Å²) in [5.74, 6) is 1.07. The second kappa shape index (κ2) is 7.39. The smallest absolute Gasteiger partial charge is 0.257 e. The van der Waals surface area contributed by atoms with Gasteiger partial charge in [-0.3, -0.25) is 4.79 Å². The van der Waals surface area contributed by atoms with E-state index in [2.05, 4.69) is 15.2 Å². The molecule has 8 heteroatoms. The van der Waals surface area contributed by atoms with Crippen LogP contribution in [0.15, 0.2) is 35.3 Å². The average molecular weight is 345 g/mol. The van der Waals surface area contributed by atoms with E-state index in [1.165, 1.54) is 4.88 Å². The predicted octanol–water partition coefficient (Wildman–Crippen LogP) is 2.39. The van der Waals surface area contributed by atoms with Crippen molar-refractivity contribution in [1.29, 1.82) is 0 Å². The fourth-order valence-electron chi connectivity index (χ4n) is 2.22. The van der Waals surface area contributed by atoms with Crippen LogP contribution >= 0.6 is 11.3 Å². The quantitative estimate of drug-likeness (QED) is 0.657. The third kappa shape index (κ3) is 4.08. The van der Waals surface area contributed by atoms with Gasteiger partial charge in [0.25, 0.3) is 5.89 Å². The summed E-state index contributed by atoms with van der Waals surface area (Å²) in [6, 6.07) is 3.98. The van der Waals surface area contributed by atoms with E-state index in [1.54, 1.807) is 35.8 Å². The maximum Gasteiger partial charge on any atom is 0.257 e. The molecule has 0 N–H and O–H groups in total. The molecule has 1 amide bonds. The number of aromatic nitrogens is 4. The van der Waals surface area contributed by atoms with Crippen LogP contribution in [-0.4, -0.2) is 44.1 Å². The molecule has 3 aromatic heterocycles. The minimum atomic E-state index is 0.0573. The number of carbonyl (C=O) groups excluding carboxylic acids is 1. The van der Waals surface area contributed by atoms with Crippen molar-refractivity contribution >= 4 is 17.2 Å². The number of hydrogen-bond donors (Lipinski definition) is 0. The molecule has 0 saturated heterocycles. The van der Waals surface area contributed by atoms with Crippen LogP contribution in [0.3, 0.4) is 0 Å². The highest BCUT2D eigenvalue weighted by Gasteiger charge is 2.14. The molecule has 3 aromatic rings. The lowest BCUT2D eigenvalue weighted by Crippen LogP contribution is -2.30. The van der Waals surface area contributed by atoms with Crippen LogP contribution in [0.4, 0.5) is 0 Å². The summed E-state index contributed by atoms with van der Waals surface area (Å²) in [4.78, 5) is 20.0. The summed E-state index contributed by atoms with van der Waals surface area (Å²) in [7, 11) is 1.80. The fourth-order valence-corrected chi connectivity index (χ4v) is 3.01. The molecular formula is C16H19N5O2S. The van der Waals surface area contributed by atoms with E-state index < -0.39 is 0 Å². The highest BCUT2D eigenvalue weighted by molar-refractivity contribution is 7.15. The summed E-state index contributed by atoms with van der Waals surface area (Å²) in [6.45, 7) is 3.40. The van der Waals surface area contributed by atoms with Crippen LogP contribution in [0.2, 0.25) is 0 Å². The lowest BCUT2D eigenvalue weighted by Gasteiger charge is -2.16. The van der Waals surface area contributed by atoms with Crippen molar-refractivity contribution < 1.29 is 9.21 Å². The Kier molecular flexibility index (Phi) is 5.05. The van der Waals surface area contributed by atoms with E-state index in [0.29, 0.717) is 31.2 Å². The number of likely N-dealkylation sites (N-methyl/N-ethyl adjacent to an activating group) is 1. The van der Waals surface area contributed by atoms with Gasteiger partial charge in [0, 0.05) is 50.2 Å². The molecule has 0 bridgehead atoms. The van der Waals surface area contributed by atoms with Crippen molar-refractivity contribution in [2.75, 3.05) is 13.6 Å². The first kappa shape index (κ1) is 16.4. The van der Waals surface area contributed by atoms with Gasteiger partial charge >= 0.3 is 0 Å². The molecule has 0 radical (unpaired) electrons. The first-order valence-corrected chi connectivity index (χ1v) is 8.52. The van der Waals surface area contributed by atoms with Crippen molar-refractivity contribution in [3.63, 3.8) is 0 Å². The molecule has 0 aliphatic heterocycles. The van der Waals surface area contributed by atoms with Gasteiger partial charge in [-0.05, 0) is 19.1 Å². The van der Waals surface area contributed by atoms with E-state index in [9.17, 15) is 4.79 Å². The fraction of sp³-hybridized carbons (Fsp3) is 0.375. The van der Waals surface area contributed by atoms with Gasteiger partial charge in [0.05, 0.1) is 11.2 Å². The minimum Gasteiger partial charge on any atom is -0.420 e. The highest BCUT2D eigenvalue weighted by atomic mass is 32.1. The Bertz CT molecular complexity index is 793. The Morgan fingerprint density at radius 1 is 1.38 bits per heavy atom. The second-order valence-electron chi connectivity index (χ2n) is 5.53. The second-order valence-corrected chi connectivity index (χ2v) is 6.81. The minimum absolute atomic E-state index is 0.0573. The predicted molar refractivity (Wildman–Crippen MR) is 90.5 cm³/mol. The van der Waals surface area contributed by atoms with Crippen LogP contribution in [0.5, 0.6) is 0 Å². The van der Waals surface area contributed by atoms with Crippen LogP contribution in [-0.2, 0) is 17.8 Å². The maximum absolute atomic E-state index is 12.2. The lowest BCUT2D eigenvalue weighted by atomic mass is 10.3. The van der Waals surface area contributed by atoms with Gasteiger partial charge in [0.15, 0.2) is 0 Å². The Hall–Kier alpha value is -2.48. The maximum atomic E-state index is 12.2. The summed E-state index contributed by atoms with van der Waals surface area (Å²) in [5.41, 5.74) is 0. The Morgan fingerprint density at radius 2 is 2.25 bits per heavy atom. The van der Waals surface area contributed by atoms with Gasteiger partial charge in [-0.2, -0.15) is 0 Å². The third-order valence-electron chi connectivity index (χ3n) is 3.65. The first-order chi connectivity index (χ1) is 11.6. The first-order valence-electron chi connectivity index (χ1n) is 7.71. The van der Waals surface area contributed by atoms with Crippen molar-refractivity contribution in [2.24, 2.45) is 0 Å². The van der Waals surface area contributed by atoms with Crippen LogP contribution in [0, 0.1) is 6.92 Å². The molecule has 3 heterocycles. The molecule has 24 heavy (non-hydrogen) atoms. The Balaban J connectivity index is 1.48. The molecule has 0 aromatic carbocycles.